The van der Waals surface area contributed by atoms with Crippen LogP contribution < -0.4 is 4.90 Å². The molecule has 3 nitrogen and oxygen atoms in total. The van der Waals surface area contributed by atoms with Gasteiger partial charge < -0.3 is 9.64 Å². The molecule has 0 aromatic heterocycles. The lowest BCUT2D eigenvalue weighted by Crippen LogP contribution is -2.28. The highest BCUT2D eigenvalue weighted by Crippen LogP contribution is 2.29. The van der Waals surface area contributed by atoms with Gasteiger partial charge in [-0.3, -0.25) is 0 Å². The van der Waals surface area contributed by atoms with Gasteiger partial charge in [0.2, 0.25) is 0 Å². The number of nitrogens with zero attached hydrogens (tertiary/aromatic N) is 1. The molecule has 1 unspecified atom stereocenters. The number of carbonyl (C=O) groups excluding carboxylic acids is 1. The maximum atomic E-state index is 11.8. The Kier molecular flexibility index (Phi) is 2.86. The lowest BCUT2D eigenvalue weighted by molar-refractivity contribution is -0.153. The van der Waals surface area contributed by atoms with Gasteiger partial charge >= 0.3 is 5.97 Å². The second-order valence-electron chi connectivity index (χ2n) is 5.54. The predicted molar refractivity (Wildman–Crippen MR) is 68.2 cm³/mol. The zero-order valence-corrected chi connectivity index (χ0v) is 10.9. The first kappa shape index (κ1) is 12.0. The highest BCUT2D eigenvalue weighted by Gasteiger charge is 2.43. The second-order valence-corrected chi connectivity index (χ2v) is 5.54. The van der Waals surface area contributed by atoms with Crippen LogP contribution in [0.25, 0.3) is 0 Å². The summed E-state index contributed by atoms with van der Waals surface area (Å²) >= 11 is 0. The number of ether oxygens (including phenoxy) is 1. The highest BCUT2D eigenvalue weighted by molar-refractivity contribution is 5.86. The summed E-state index contributed by atoms with van der Waals surface area (Å²) in [6.45, 7) is 8.49. The van der Waals surface area contributed by atoms with Gasteiger partial charge in [-0.2, -0.15) is 0 Å². The number of rotatable bonds is 2. The van der Waals surface area contributed by atoms with E-state index < -0.39 is 5.60 Å². The average Bonchev–Trinajstić information content (AvgIpc) is 2.96. The third-order valence-electron chi connectivity index (χ3n) is 2.66. The van der Waals surface area contributed by atoms with E-state index in [4.69, 9.17) is 4.74 Å². The van der Waals surface area contributed by atoms with Gasteiger partial charge in [0, 0.05) is 5.69 Å². The van der Waals surface area contributed by atoms with Crippen molar-refractivity contribution in [1.29, 1.82) is 0 Å². The largest absolute Gasteiger partial charge is 0.458 e. The van der Waals surface area contributed by atoms with Crippen LogP contribution in [0.1, 0.15) is 26.3 Å². The van der Waals surface area contributed by atoms with Crippen molar-refractivity contribution in [2.24, 2.45) is 0 Å². The summed E-state index contributed by atoms with van der Waals surface area (Å²) in [5.74, 6) is -0.127. The second kappa shape index (κ2) is 4.06. The molecule has 1 fully saturated rings. The van der Waals surface area contributed by atoms with Gasteiger partial charge in [0.15, 0.2) is 0 Å². The monoisotopic (exact) mass is 233 g/mol. The molecule has 0 N–H and O–H groups in total. The smallest absolute Gasteiger partial charge is 0.331 e. The van der Waals surface area contributed by atoms with Gasteiger partial charge in [0.05, 0.1) is 6.54 Å². The first-order valence-corrected chi connectivity index (χ1v) is 5.93. The van der Waals surface area contributed by atoms with Crippen molar-refractivity contribution in [3.8, 4) is 0 Å². The number of carbonyl (C=O) groups is 1. The van der Waals surface area contributed by atoms with Gasteiger partial charge in [-0.05, 0) is 39.8 Å². The van der Waals surface area contributed by atoms with Crippen molar-refractivity contribution in [2.75, 3.05) is 11.4 Å². The fourth-order valence-corrected chi connectivity index (χ4v) is 1.73. The van der Waals surface area contributed by atoms with E-state index in [-0.39, 0.29) is 12.0 Å². The molecule has 0 bridgehead atoms. The Balaban J connectivity index is 1.96. The van der Waals surface area contributed by atoms with Crippen molar-refractivity contribution in [1.82, 2.24) is 0 Å². The van der Waals surface area contributed by atoms with E-state index in [1.807, 2.05) is 37.8 Å². The highest BCUT2D eigenvalue weighted by atomic mass is 16.6. The topological polar surface area (TPSA) is 29.3 Å². The molecule has 1 aromatic rings. The molecule has 0 amide bonds. The fraction of sp³-hybridized carbons (Fsp3) is 0.500. The van der Waals surface area contributed by atoms with Gasteiger partial charge in [-0.1, -0.05) is 17.7 Å². The van der Waals surface area contributed by atoms with E-state index in [0.717, 1.165) is 12.2 Å². The number of anilines is 1. The third kappa shape index (κ3) is 2.99. The molecular weight excluding hydrogens is 214 g/mol. The molecule has 92 valence electrons. The van der Waals surface area contributed by atoms with Crippen LogP contribution in [0.5, 0.6) is 0 Å². The number of hydrogen-bond acceptors (Lipinski definition) is 3. The standard InChI is InChI=1S/C14H19NO2/c1-10-5-7-11(8-6-10)15-9-12(15)13(16)17-14(2,3)4/h5-8,12H,9H2,1-4H3. The summed E-state index contributed by atoms with van der Waals surface area (Å²) in [6.07, 6.45) is 0. The molecule has 0 radical (unpaired) electrons. The van der Waals surface area contributed by atoms with Crippen molar-refractivity contribution < 1.29 is 9.53 Å². The summed E-state index contributed by atoms with van der Waals surface area (Å²) in [6, 6.07) is 8.09. The summed E-state index contributed by atoms with van der Waals surface area (Å²) in [5, 5.41) is 0. The molecule has 2 rings (SSSR count). The number of esters is 1. The normalized spacial score (nSPS) is 19.1. The predicted octanol–water partition coefficient (Wildman–Crippen LogP) is 2.53. The number of benzene rings is 1. The SMILES string of the molecule is Cc1ccc(N2CC2C(=O)OC(C)(C)C)cc1. The molecular formula is C14H19NO2. The molecule has 1 aliphatic heterocycles. The maximum absolute atomic E-state index is 11.8. The van der Waals surface area contributed by atoms with Crippen molar-refractivity contribution in [3.05, 3.63) is 29.8 Å². The molecule has 0 spiro atoms. The van der Waals surface area contributed by atoms with Crippen LogP contribution in [0.2, 0.25) is 0 Å². The zero-order valence-electron chi connectivity index (χ0n) is 10.9. The first-order valence-electron chi connectivity index (χ1n) is 5.93. The van der Waals surface area contributed by atoms with E-state index >= 15 is 0 Å². The van der Waals surface area contributed by atoms with E-state index in [1.165, 1.54) is 5.56 Å². The zero-order chi connectivity index (χ0) is 12.6. The first-order chi connectivity index (χ1) is 7.87. The lowest BCUT2D eigenvalue weighted by atomic mass is 10.2. The molecule has 3 heteroatoms. The minimum absolute atomic E-state index is 0.100. The van der Waals surface area contributed by atoms with E-state index in [0.29, 0.717) is 0 Å². The van der Waals surface area contributed by atoms with E-state index in [9.17, 15) is 4.79 Å². The van der Waals surface area contributed by atoms with Crippen LogP contribution in [-0.4, -0.2) is 24.2 Å². The summed E-state index contributed by atoms with van der Waals surface area (Å²) in [5.41, 5.74) is 1.91. The van der Waals surface area contributed by atoms with E-state index in [2.05, 4.69) is 19.1 Å². The van der Waals surface area contributed by atoms with Crippen molar-refractivity contribution >= 4 is 11.7 Å². The summed E-state index contributed by atoms with van der Waals surface area (Å²) in [4.78, 5) is 13.9. The molecule has 0 saturated carbocycles. The van der Waals surface area contributed by atoms with Crippen molar-refractivity contribution in [3.63, 3.8) is 0 Å². The number of aryl methyl sites for hydroxylation is 1. The molecule has 1 aromatic carbocycles. The van der Waals surface area contributed by atoms with Crippen LogP contribution in [0.15, 0.2) is 24.3 Å². The van der Waals surface area contributed by atoms with Crippen LogP contribution in [0.4, 0.5) is 5.69 Å². The Morgan fingerprint density at radius 3 is 2.41 bits per heavy atom. The molecule has 1 atom stereocenters. The Labute approximate surface area is 102 Å². The summed E-state index contributed by atoms with van der Waals surface area (Å²) < 4.78 is 5.36. The molecule has 17 heavy (non-hydrogen) atoms. The third-order valence-corrected chi connectivity index (χ3v) is 2.66. The Morgan fingerprint density at radius 1 is 1.29 bits per heavy atom. The van der Waals surface area contributed by atoms with Crippen LogP contribution >= 0.6 is 0 Å². The minimum atomic E-state index is -0.404. The Bertz CT molecular complexity index is 417. The lowest BCUT2D eigenvalue weighted by Gasteiger charge is -2.19. The summed E-state index contributed by atoms with van der Waals surface area (Å²) in [7, 11) is 0. The molecule has 1 heterocycles. The van der Waals surface area contributed by atoms with Crippen LogP contribution in [0.3, 0.4) is 0 Å². The average molecular weight is 233 g/mol. The molecule has 0 aliphatic carbocycles. The fourth-order valence-electron chi connectivity index (χ4n) is 1.73. The molecule has 1 aliphatic rings. The Morgan fingerprint density at radius 2 is 1.88 bits per heavy atom. The van der Waals surface area contributed by atoms with Gasteiger partial charge in [0.25, 0.3) is 0 Å². The molecule has 1 saturated heterocycles. The van der Waals surface area contributed by atoms with Gasteiger partial charge in [0.1, 0.15) is 11.6 Å². The van der Waals surface area contributed by atoms with Crippen LogP contribution in [0, 0.1) is 6.92 Å². The minimum Gasteiger partial charge on any atom is -0.458 e. The quantitative estimate of drug-likeness (QED) is 0.580. The number of hydrogen-bond donors (Lipinski definition) is 0. The Hall–Kier alpha value is -1.51. The van der Waals surface area contributed by atoms with Gasteiger partial charge in [-0.15, -0.1) is 0 Å². The van der Waals surface area contributed by atoms with Gasteiger partial charge in [-0.25, -0.2) is 4.79 Å². The maximum Gasteiger partial charge on any atom is 0.331 e. The van der Waals surface area contributed by atoms with Crippen molar-refractivity contribution in [2.45, 2.75) is 39.3 Å². The van der Waals surface area contributed by atoms with E-state index in [1.54, 1.807) is 0 Å². The van der Waals surface area contributed by atoms with Crippen LogP contribution in [-0.2, 0) is 9.53 Å².